The second-order valence-electron chi connectivity index (χ2n) is 4.71. The third-order valence-electron chi connectivity index (χ3n) is 3.32. The normalized spacial score (nSPS) is 12.3. The third kappa shape index (κ3) is 2.40. The lowest BCUT2D eigenvalue weighted by Crippen LogP contribution is -2.29. The van der Waals surface area contributed by atoms with Crippen LogP contribution in [0.3, 0.4) is 0 Å². The first-order chi connectivity index (χ1) is 10.6. The molecule has 0 amide bonds. The number of benzene rings is 1. The number of carbonyl (C=O) groups is 1. The molecule has 3 rings (SSSR count). The van der Waals surface area contributed by atoms with Gasteiger partial charge in [-0.2, -0.15) is 0 Å². The molecule has 2 heterocycles. The molecule has 6 heteroatoms. The summed E-state index contributed by atoms with van der Waals surface area (Å²) >= 11 is 0. The van der Waals surface area contributed by atoms with Crippen molar-refractivity contribution in [1.82, 2.24) is 9.55 Å². The van der Waals surface area contributed by atoms with E-state index < -0.39 is 23.4 Å². The van der Waals surface area contributed by atoms with Crippen LogP contribution in [0.4, 0.5) is 4.39 Å². The summed E-state index contributed by atoms with van der Waals surface area (Å²) in [4.78, 5) is 28.4. The second-order valence-corrected chi connectivity index (χ2v) is 4.71. The Balaban J connectivity index is 2.03. The van der Waals surface area contributed by atoms with Crippen LogP contribution in [0.5, 0.6) is 0 Å². The predicted molar refractivity (Wildman–Crippen MR) is 78.0 cm³/mol. The Hall–Kier alpha value is -2.86. The number of ketones is 1. The van der Waals surface area contributed by atoms with Gasteiger partial charge in [0.2, 0.25) is 5.78 Å². The molecule has 22 heavy (non-hydrogen) atoms. The summed E-state index contributed by atoms with van der Waals surface area (Å²) < 4.78 is 13.8. The van der Waals surface area contributed by atoms with Crippen LogP contribution in [-0.2, 0) is 0 Å². The molecule has 2 aromatic heterocycles. The van der Waals surface area contributed by atoms with E-state index in [9.17, 15) is 19.1 Å². The van der Waals surface area contributed by atoms with Crippen molar-refractivity contribution in [3.63, 3.8) is 0 Å². The number of nitrogens with zero attached hydrogens (tertiary/aromatic N) is 2. The lowest BCUT2D eigenvalue weighted by atomic mass is 10.1. The van der Waals surface area contributed by atoms with E-state index >= 15 is 0 Å². The van der Waals surface area contributed by atoms with Crippen molar-refractivity contribution in [2.45, 2.75) is 6.23 Å². The number of Topliss-reactive ketones (excluding diaryl/α,β-unsaturated/α-hetero) is 1. The van der Waals surface area contributed by atoms with Gasteiger partial charge in [-0.1, -0.05) is 6.07 Å². The summed E-state index contributed by atoms with van der Waals surface area (Å²) in [5, 5.41) is 10.8. The zero-order chi connectivity index (χ0) is 15.7. The highest BCUT2D eigenvalue weighted by Crippen LogP contribution is 2.13. The van der Waals surface area contributed by atoms with Gasteiger partial charge < -0.3 is 5.11 Å². The van der Waals surface area contributed by atoms with E-state index in [0.29, 0.717) is 5.39 Å². The fraction of sp³-hybridized carbons (Fsp3) is 0.0625. The topological polar surface area (TPSA) is 72.2 Å². The number of carbonyl (C=O) groups excluding carboxylic acids is 1. The summed E-state index contributed by atoms with van der Waals surface area (Å²) in [6.07, 6.45) is 1.10. The minimum atomic E-state index is -1.69. The molecule has 1 N–H and O–H groups in total. The molecule has 0 saturated heterocycles. The standard InChI is InChI=1S/C16H11FN2O3/c17-12-5-3-11(4-6-12)14(20)16(22)19-9-7-10-2-1-8-18-13(10)15(19)21/h1-9,16,22H. The van der Waals surface area contributed by atoms with Crippen molar-refractivity contribution >= 4 is 16.7 Å². The maximum absolute atomic E-state index is 12.9. The lowest BCUT2D eigenvalue weighted by Gasteiger charge is -2.13. The molecule has 0 bridgehead atoms. The Morgan fingerprint density at radius 1 is 1.18 bits per heavy atom. The van der Waals surface area contributed by atoms with Crippen LogP contribution in [0.2, 0.25) is 0 Å². The first kappa shape index (κ1) is 14.1. The summed E-state index contributed by atoms with van der Waals surface area (Å²) in [5.74, 6) is -1.18. The van der Waals surface area contributed by atoms with E-state index in [1.54, 1.807) is 18.2 Å². The van der Waals surface area contributed by atoms with Crippen LogP contribution in [0.1, 0.15) is 16.6 Å². The third-order valence-corrected chi connectivity index (χ3v) is 3.32. The van der Waals surface area contributed by atoms with Crippen LogP contribution < -0.4 is 5.56 Å². The van der Waals surface area contributed by atoms with Crippen molar-refractivity contribution in [3.05, 3.63) is 76.6 Å². The minimum Gasteiger partial charge on any atom is -0.366 e. The predicted octanol–water partition coefficient (Wildman–Crippen LogP) is 1.91. The number of pyridine rings is 2. The molecular weight excluding hydrogens is 287 g/mol. The van der Waals surface area contributed by atoms with Gasteiger partial charge in [0.1, 0.15) is 11.3 Å². The number of aromatic nitrogens is 2. The zero-order valence-corrected chi connectivity index (χ0v) is 11.3. The average molecular weight is 298 g/mol. The van der Waals surface area contributed by atoms with E-state index in [1.165, 1.54) is 24.5 Å². The molecule has 0 aliphatic heterocycles. The van der Waals surface area contributed by atoms with Gasteiger partial charge >= 0.3 is 0 Å². The molecule has 5 nitrogen and oxygen atoms in total. The van der Waals surface area contributed by atoms with Gasteiger partial charge in [-0.15, -0.1) is 0 Å². The van der Waals surface area contributed by atoms with Crippen LogP contribution in [0.15, 0.2) is 59.7 Å². The Kier molecular flexibility index (Phi) is 3.52. The SMILES string of the molecule is O=C(c1ccc(F)cc1)C(O)n1ccc2cccnc2c1=O. The van der Waals surface area contributed by atoms with Gasteiger partial charge in [-0.25, -0.2) is 4.39 Å². The van der Waals surface area contributed by atoms with Crippen LogP contribution in [0.25, 0.3) is 10.9 Å². The first-order valence-electron chi connectivity index (χ1n) is 6.51. The highest BCUT2D eigenvalue weighted by Gasteiger charge is 2.21. The molecule has 1 atom stereocenters. The minimum absolute atomic E-state index is 0.113. The van der Waals surface area contributed by atoms with Gasteiger partial charge in [-0.05, 0) is 36.4 Å². The van der Waals surface area contributed by atoms with E-state index in [-0.39, 0.29) is 11.1 Å². The van der Waals surface area contributed by atoms with Crippen molar-refractivity contribution in [1.29, 1.82) is 0 Å². The van der Waals surface area contributed by atoms with Gasteiger partial charge in [0.15, 0.2) is 6.23 Å². The van der Waals surface area contributed by atoms with E-state index in [1.807, 2.05) is 0 Å². The molecular formula is C16H11FN2O3. The number of aliphatic hydroxyl groups is 1. The number of hydrogen-bond acceptors (Lipinski definition) is 4. The number of aliphatic hydroxyl groups excluding tert-OH is 1. The Morgan fingerprint density at radius 3 is 2.64 bits per heavy atom. The van der Waals surface area contributed by atoms with Crippen LogP contribution in [0, 0.1) is 5.82 Å². The summed E-state index contributed by atoms with van der Waals surface area (Å²) in [6.45, 7) is 0. The molecule has 0 fully saturated rings. The maximum atomic E-state index is 12.9. The summed E-state index contributed by atoms with van der Waals surface area (Å²) in [5.41, 5.74) is -0.293. The van der Waals surface area contributed by atoms with Crippen molar-refractivity contribution < 1.29 is 14.3 Å². The smallest absolute Gasteiger partial charge is 0.279 e. The second kappa shape index (κ2) is 5.50. The first-order valence-corrected chi connectivity index (χ1v) is 6.51. The summed E-state index contributed by atoms with van der Waals surface area (Å²) in [7, 11) is 0. The van der Waals surface area contributed by atoms with Crippen molar-refractivity contribution in [2.24, 2.45) is 0 Å². The molecule has 3 aromatic rings. The Morgan fingerprint density at radius 2 is 1.91 bits per heavy atom. The largest absolute Gasteiger partial charge is 0.366 e. The van der Waals surface area contributed by atoms with E-state index in [2.05, 4.69) is 4.98 Å². The maximum Gasteiger partial charge on any atom is 0.279 e. The highest BCUT2D eigenvalue weighted by atomic mass is 19.1. The lowest BCUT2D eigenvalue weighted by molar-refractivity contribution is 0.0565. The quantitative estimate of drug-likeness (QED) is 0.750. The molecule has 0 radical (unpaired) electrons. The average Bonchev–Trinajstić information content (AvgIpc) is 2.55. The molecule has 1 aromatic carbocycles. The molecule has 0 spiro atoms. The van der Waals surface area contributed by atoms with Crippen molar-refractivity contribution in [2.75, 3.05) is 0 Å². The van der Waals surface area contributed by atoms with Crippen molar-refractivity contribution in [3.8, 4) is 0 Å². The summed E-state index contributed by atoms with van der Waals surface area (Å²) in [6, 6.07) is 9.73. The van der Waals surface area contributed by atoms with E-state index in [0.717, 1.165) is 16.7 Å². The Labute approximate surface area is 124 Å². The molecule has 0 aliphatic rings. The zero-order valence-electron chi connectivity index (χ0n) is 11.3. The highest BCUT2D eigenvalue weighted by molar-refractivity contribution is 5.98. The van der Waals surface area contributed by atoms with Crippen LogP contribution >= 0.6 is 0 Å². The van der Waals surface area contributed by atoms with E-state index in [4.69, 9.17) is 0 Å². The number of rotatable bonds is 3. The monoisotopic (exact) mass is 298 g/mol. The van der Waals surface area contributed by atoms with Crippen LogP contribution in [-0.4, -0.2) is 20.4 Å². The van der Waals surface area contributed by atoms with Gasteiger partial charge in [0, 0.05) is 23.3 Å². The molecule has 1 unspecified atom stereocenters. The number of hydrogen-bond donors (Lipinski definition) is 1. The van der Waals surface area contributed by atoms with Gasteiger partial charge in [0.05, 0.1) is 0 Å². The molecule has 0 aliphatic carbocycles. The molecule has 0 saturated carbocycles. The fourth-order valence-electron chi connectivity index (χ4n) is 2.16. The number of fused-ring (bicyclic) bond motifs is 1. The Bertz CT molecular complexity index is 903. The fourth-order valence-corrected chi connectivity index (χ4v) is 2.16. The van der Waals surface area contributed by atoms with Gasteiger partial charge in [0.25, 0.3) is 5.56 Å². The number of halogens is 1. The van der Waals surface area contributed by atoms with Gasteiger partial charge in [-0.3, -0.25) is 19.1 Å². The molecule has 110 valence electrons.